The minimum absolute atomic E-state index is 0.0606. The molecule has 4 nitrogen and oxygen atoms in total. The van der Waals surface area contributed by atoms with Crippen molar-refractivity contribution in [1.82, 2.24) is 4.90 Å². The number of halogens is 1. The van der Waals surface area contributed by atoms with Gasteiger partial charge >= 0.3 is 0 Å². The first-order chi connectivity index (χ1) is 13.5. The number of amides is 1. The number of carbonyl (C=O) groups is 1. The van der Waals surface area contributed by atoms with Crippen molar-refractivity contribution >= 4 is 51.9 Å². The van der Waals surface area contributed by atoms with Gasteiger partial charge in [0.25, 0.3) is 5.91 Å². The molecule has 1 amide bonds. The predicted octanol–water partition coefficient (Wildman–Crippen LogP) is 5.54. The van der Waals surface area contributed by atoms with E-state index in [1.807, 2.05) is 62.4 Å². The lowest BCUT2D eigenvalue weighted by atomic mass is 10.1. The van der Waals surface area contributed by atoms with Crippen LogP contribution in [-0.4, -0.2) is 28.3 Å². The van der Waals surface area contributed by atoms with Crippen LogP contribution in [0.1, 0.15) is 25.0 Å². The lowest BCUT2D eigenvalue weighted by Crippen LogP contribution is -2.27. The van der Waals surface area contributed by atoms with Gasteiger partial charge in [-0.1, -0.05) is 59.8 Å². The Morgan fingerprint density at radius 3 is 2.61 bits per heavy atom. The molecule has 0 bridgehead atoms. The summed E-state index contributed by atoms with van der Waals surface area (Å²) in [4.78, 5) is 14.6. The molecule has 0 saturated carbocycles. The van der Waals surface area contributed by atoms with E-state index in [0.717, 1.165) is 11.1 Å². The molecule has 1 heterocycles. The molecule has 0 N–H and O–H groups in total. The topological polar surface area (TPSA) is 38.8 Å². The van der Waals surface area contributed by atoms with E-state index in [2.05, 4.69) is 0 Å². The summed E-state index contributed by atoms with van der Waals surface area (Å²) in [7, 11) is 0. The zero-order valence-electron chi connectivity index (χ0n) is 15.6. The van der Waals surface area contributed by atoms with Crippen LogP contribution in [0.25, 0.3) is 6.08 Å². The van der Waals surface area contributed by atoms with E-state index in [9.17, 15) is 4.79 Å². The highest BCUT2D eigenvalue weighted by molar-refractivity contribution is 8.26. The van der Waals surface area contributed by atoms with Crippen LogP contribution in [0.3, 0.4) is 0 Å². The average Bonchev–Trinajstić information content (AvgIpc) is 2.95. The normalized spacial score (nSPS) is 15.4. The van der Waals surface area contributed by atoms with Gasteiger partial charge in [-0.05, 0) is 43.7 Å². The summed E-state index contributed by atoms with van der Waals surface area (Å²) in [5.41, 5.74) is 1.75. The SMILES string of the molecule is CCOc1cc(C=C2SC(=S)N(CC)C2=O)ccc1OCc1ccccc1Cl. The van der Waals surface area contributed by atoms with Gasteiger partial charge in [0.15, 0.2) is 11.5 Å². The van der Waals surface area contributed by atoms with Gasteiger partial charge in [-0.2, -0.15) is 0 Å². The quantitative estimate of drug-likeness (QED) is 0.423. The number of rotatable bonds is 7. The van der Waals surface area contributed by atoms with Crippen molar-refractivity contribution in [3.63, 3.8) is 0 Å². The highest BCUT2D eigenvalue weighted by Gasteiger charge is 2.30. The summed E-state index contributed by atoms with van der Waals surface area (Å²) in [5, 5.41) is 0.662. The fraction of sp³-hybridized carbons (Fsp3) is 0.238. The second kappa shape index (κ2) is 9.45. The zero-order valence-corrected chi connectivity index (χ0v) is 18.0. The van der Waals surface area contributed by atoms with Gasteiger partial charge in [0.1, 0.15) is 10.9 Å². The monoisotopic (exact) mass is 433 g/mol. The Hall–Kier alpha value is -2.02. The maximum Gasteiger partial charge on any atom is 0.266 e. The largest absolute Gasteiger partial charge is 0.490 e. The van der Waals surface area contributed by atoms with Gasteiger partial charge in [-0.3, -0.25) is 9.69 Å². The van der Waals surface area contributed by atoms with Gasteiger partial charge in [-0.15, -0.1) is 0 Å². The molecule has 7 heteroatoms. The van der Waals surface area contributed by atoms with Gasteiger partial charge in [0.2, 0.25) is 0 Å². The van der Waals surface area contributed by atoms with Crippen molar-refractivity contribution < 1.29 is 14.3 Å². The molecular weight excluding hydrogens is 414 g/mol. The van der Waals surface area contributed by atoms with E-state index in [1.54, 1.807) is 4.90 Å². The molecule has 0 spiro atoms. The summed E-state index contributed by atoms with van der Waals surface area (Å²) >= 11 is 12.8. The second-order valence-corrected chi connectivity index (χ2v) is 8.03. The number of carbonyl (C=O) groups excluding carboxylic acids is 1. The summed E-state index contributed by atoms with van der Waals surface area (Å²) < 4.78 is 12.2. The smallest absolute Gasteiger partial charge is 0.266 e. The first-order valence-electron chi connectivity index (χ1n) is 8.92. The molecule has 0 atom stereocenters. The standard InChI is InChI=1S/C21H20ClNO3S2/c1-3-23-20(24)19(28-21(23)27)12-14-9-10-17(18(11-14)25-4-2)26-13-15-7-5-6-8-16(15)22/h5-12H,3-4,13H2,1-2H3. The Bertz CT molecular complexity index is 930. The van der Waals surface area contributed by atoms with Crippen LogP contribution >= 0.6 is 35.6 Å². The Morgan fingerprint density at radius 1 is 1.14 bits per heavy atom. The van der Waals surface area contributed by atoms with Crippen molar-refractivity contribution in [1.29, 1.82) is 0 Å². The van der Waals surface area contributed by atoms with Crippen LogP contribution in [0.2, 0.25) is 5.02 Å². The first kappa shape index (κ1) is 20.7. The Morgan fingerprint density at radius 2 is 1.93 bits per heavy atom. The molecule has 0 radical (unpaired) electrons. The van der Waals surface area contributed by atoms with Crippen LogP contribution < -0.4 is 9.47 Å². The molecule has 2 aromatic rings. The molecule has 1 aliphatic rings. The zero-order chi connectivity index (χ0) is 20.1. The van der Waals surface area contributed by atoms with Gasteiger partial charge in [-0.25, -0.2) is 0 Å². The molecule has 0 unspecified atom stereocenters. The van der Waals surface area contributed by atoms with Crippen LogP contribution in [0.5, 0.6) is 11.5 Å². The third-order valence-electron chi connectivity index (χ3n) is 4.10. The number of nitrogens with zero attached hydrogens (tertiary/aromatic N) is 1. The van der Waals surface area contributed by atoms with Crippen molar-refractivity contribution in [2.24, 2.45) is 0 Å². The van der Waals surface area contributed by atoms with Crippen molar-refractivity contribution in [2.75, 3.05) is 13.2 Å². The maximum absolute atomic E-state index is 12.4. The summed E-state index contributed by atoms with van der Waals surface area (Å²) in [6.07, 6.45) is 1.83. The third kappa shape index (κ3) is 4.69. The number of hydrogen-bond acceptors (Lipinski definition) is 5. The summed E-state index contributed by atoms with van der Waals surface area (Å²) in [5.74, 6) is 1.18. The lowest BCUT2D eigenvalue weighted by molar-refractivity contribution is -0.121. The van der Waals surface area contributed by atoms with E-state index < -0.39 is 0 Å². The molecule has 146 valence electrons. The van der Waals surface area contributed by atoms with Crippen molar-refractivity contribution in [2.45, 2.75) is 20.5 Å². The highest BCUT2D eigenvalue weighted by Crippen LogP contribution is 2.35. The number of thiocarbonyl (C=S) groups is 1. The van der Waals surface area contributed by atoms with Gasteiger partial charge in [0, 0.05) is 17.1 Å². The molecular formula is C21H20ClNO3S2. The maximum atomic E-state index is 12.4. The minimum atomic E-state index is -0.0606. The molecule has 28 heavy (non-hydrogen) atoms. The molecule has 1 aliphatic heterocycles. The van der Waals surface area contributed by atoms with Crippen molar-refractivity contribution in [3.05, 3.63) is 63.5 Å². The molecule has 2 aromatic carbocycles. The third-order valence-corrected chi connectivity index (χ3v) is 5.84. The van der Waals surface area contributed by atoms with E-state index in [0.29, 0.717) is 45.5 Å². The number of ether oxygens (including phenoxy) is 2. The lowest BCUT2D eigenvalue weighted by Gasteiger charge is -2.13. The Balaban J connectivity index is 1.81. The predicted molar refractivity (Wildman–Crippen MR) is 119 cm³/mol. The van der Waals surface area contributed by atoms with E-state index in [-0.39, 0.29) is 5.91 Å². The van der Waals surface area contributed by atoms with E-state index in [1.165, 1.54) is 11.8 Å². The highest BCUT2D eigenvalue weighted by atomic mass is 35.5. The number of thioether (sulfide) groups is 1. The van der Waals surface area contributed by atoms with Crippen molar-refractivity contribution in [3.8, 4) is 11.5 Å². The van der Waals surface area contributed by atoms with E-state index >= 15 is 0 Å². The van der Waals surface area contributed by atoms with Crippen LogP contribution in [-0.2, 0) is 11.4 Å². The Labute approximate surface area is 179 Å². The fourth-order valence-corrected chi connectivity index (χ4v) is 4.27. The average molecular weight is 434 g/mol. The number of hydrogen-bond donors (Lipinski definition) is 0. The first-order valence-corrected chi connectivity index (χ1v) is 10.5. The Kier molecular flexibility index (Phi) is 6.99. The minimum Gasteiger partial charge on any atom is -0.490 e. The van der Waals surface area contributed by atoms with Crippen LogP contribution in [0.15, 0.2) is 47.4 Å². The second-order valence-electron chi connectivity index (χ2n) is 5.95. The molecule has 1 fully saturated rings. The molecule has 0 aliphatic carbocycles. The van der Waals surface area contributed by atoms with E-state index in [4.69, 9.17) is 33.3 Å². The molecule has 3 rings (SSSR count). The van der Waals surface area contributed by atoms with Crippen LogP contribution in [0, 0.1) is 0 Å². The molecule has 0 aromatic heterocycles. The number of benzene rings is 2. The van der Waals surface area contributed by atoms with Gasteiger partial charge in [0.05, 0.1) is 11.5 Å². The summed E-state index contributed by atoms with van der Waals surface area (Å²) in [6.45, 7) is 5.24. The fourth-order valence-electron chi connectivity index (χ4n) is 2.70. The van der Waals surface area contributed by atoms with Crippen LogP contribution in [0.4, 0.5) is 0 Å². The van der Waals surface area contributed by atoms with Gasteiger partial charge < -0.3 is 9.47 Å². The molecule has 1 saturated heterocycles. The number of likely N-dealkylation sites (N-methyl/N-ethyl adjacent to an activating group) is 1. The summed E-state index contributed by atoms with van der Waals surface area (Å²) in [6, 6.07) is 13.2.